The SMILES string of the molecule is CCOc1ccccc1Oc1ccccc1C(=O)NCc1ccccc1CN1CCCC1=O. The molecule has 3 aromatic rings. The van der Waals surface area contributed by atoms with Crippen LogP contribution >= 0.6 is 0 Å². The molecule has 0 bridgehead atoms. The molecular formula is C27H28N2O4. The Hall–Kier alpha value is -3.80. The molecule has 0 saturated carbocycles. The standard InChI is InChI=1S/C27H28N2O4/c1-2-32-24-14-7-8-15-25(24)33-23-13-6-5-12-22(23)27(31)28-18-20-10-3-4-11-21(20)19-29-17-9-16-26(29)30/h3-8,10-15H,2,9,16-19H2,1H3,(H,28,31). The third-order valence-electron chi connectivity index (χ3n) is 5.59. The largest absolute Gasteiger partial charge is 0.490 e. The maximum Gasteiger partial charge on any atom is 0.255 e. The van der Waals surface area contributed by atoms with Crippen molar-refractivity contribution >= 4 is 11.8 Å². The predicted octanol–water partition coefficient (Wildman–Crippen LogP) is 4.93. The third kappa shape index (κ3) is 5.52. The molecule has 6 heteroatoms. The average molecular weight is 445 g/mol. The highest BCUT2D eigenvalue weighted by Crippen LogP contribution is 2.33. The van der Waals surface area contributed by atoms with Gasteiger partial charge in [-0.1, -0.05) is 48.5 Å². The van der Waals surface area contributed by atoms with E-state index in [4.69, 9.17) is 9.47 Å². The Balaban J connectivity index is 1.47. The molecule has 0 unspecified atom stereocenters. The first kappa shape index (κ1) is 22.4. The summed E-state index contributed by atoms with van der Waals surface area (Å²) < 4.78 is 11.7. The van der Waals surface area contributed by atoms with Crippen LogP contribution in [-0.2, 0) is 17.9 Å². The topological polar surface area (TPSA) is 67.9 Å². The number of ether oxygens (including phenoxy) is 2. The molecule has 3 aromatic carbocycles. The predicted molar refractivity (Wildman–Crippen MR) is 126 cm³/mol. The molecule has 1 fully saturated rings. The van der Waals surface area contributed by atoms with Gasteiger partial charge >= 0.3 is 0 Å². The molecule has 0 aromatic heterocycles. The Morgan fingerprint density at radius 2 is 1.58 bits per heavy atom. The average Bonchev–Trinajstić information content (AvgIpc) is 3.24. The molecule has 6 nitrogen and oxygen atoms in total. The van der Waals surface area contributed by atoms with Gasteiger partial charge in [0, 0.05) is 26.1 Å². The van der Waals surface area contributed by atoms with Crippen molar-refractivity contribution in [1.29, 1.82) is 0 Å². The van der Waals surface area contributed by atoms with Crippen LogP contribution in [0.15, 0.2) is 72.8 Å². The van der Waals surface area contributed by atoms with E-state index in [0.717, 1.165) is 24.1 Å². The van der Waals surface area contributed by atoms with Gasteiger partial charge in [0.1, 0.15) is 5.75 Å². The van der Waals surface area contributed by atoms with Crippen molar-refractivity contribution in [2.75, 3.05) is 13.2 Å². The van der Waals surface area contributed by atoms with Crippen molar-refractivity contribution in [2.45, 2.75) is 32.9 Å². The second-order valence-electron chi connectivity index (χ2n) is 7.85. The molecule has 1 saturated heterocycles. The van der Waals surface area contributed by atoms with Crippen LogP contribution in [0, 0.1) is 0 Å². The molecule has 2 amide bonds. The van der Waals surface area contributed by atoms with Crippen molar-refractivity contribution < 1.29 is 19.1 Å². The van der Waals surface area contributed by atoms with Crippen LogP contribution in [0.2, 0.25) is 0 Å². The van der Waals surface area contributed by atoms with Crippen molar-refractivity contribution in [3.63, 3.8) is 0 Å². The lowest BCUT2D eigenvalue weighted by atomic mass is 10.1. The molecule has 33 heavy (non-hydrogen) atoms. The first-order valence-corrected chi connectivity index (χ1v) is 11.3. The van der Waals surface area contributed by atoms with Crippen molar-refractivity contribution in [3.8, 4) is 17.2 Å². The number of nitrogens with zero attached hydrogens (tertiary/aromatic N) is 1. The van der Waals surface area contributed by atoms with E-state index in [1.807, 2.05) is 72.5 Å². The van der Waals surface area contributed by atoms with Crippen molar-refractivity contribution in [3.05, 3.63) is 89.5 Å². The Morgan fingerprint density at radius 1 is 0.909 bits per heavy atom. The van der Waals surface area contributed by atoms with E-state index in [1.54, 1.807) is 12.1 Å². The number of likely N-dealkylation sites (tertiary alicyclic amines) is 1. The Kier molecular flexibility index (Phi) is 7.25. The fourth-order valence-corrected chi connectivity index (χ4v) is 3.90. The molecule has 1 aliphatic heterocycles. The van der Waals surface area contributed by atoms with Crippen molar-refractivity contribution in [1.82, 2.24) is 10.2 Å². The van der Waals surface area contributed by atoms with Gasteiger partial charge in [0.25, 0.3) is 5.91 Å². The summed E-state index contributed by atoms with van der Waals surface area (Å²) in [4.78, 5) is 27.0. The van der Waals surface area contributed by atoms with Crippen LogP contribution in [0.5, 0.6) is 17.2 Å². The smallest absolute Gasteiger partial charge is 0.255 e. The lowest BCUT2D eigenvalue weighted by Crippen LogP contribution is -2.27. The number of carbonyl (C=O) groups excluding carboxylic acids is 2. The fourth-order valence-electron chi connectivity index (χ4n) is 3.90. The number of benzene rings is 3. The number of rotatable bonds is 9. The summed E-state index contributed by atoms with van der Waals surface area (Å²) in [6.45, 7) is 4.15. The van der Waals surface area contributed by atoms with Crippen LogP contribution in [0.25, 0.3) is 0 Å². The number of para-hydroxylation sites is 3. The van der Waals surface area contributed by atoms with Gasteiger partial charge in [0.15, 0.2) is 11.5 Å². The minimum atomic E-state index is -0.230. The number of hydrogen-bond acceptors (Lipinski definition) is 4. The molecule has 4 rings (SSSR count). The monoisotopic (exact) mass is 444 g/mol. The second-order valence-corrected chi connectivity index (χ2v) is 7.85. The summed E-state index contributed by atoms with van der Waals surface area (Å²) >= 11 is 0. The molecule has 0 atom stereocenters. The van der Waals surface area contributed by atoms with E-state index >= 15 is 0 Å². The summed E-state index contributed by atoms with van der Waals surface area (Å²) in [7, 11) is 0. The lowest BCUT2D eigenvalue weighted by molar-refractivity contribution is -0.128. The maximum absolute atomic E-state index is 13.1. The highest BCUT2D eigenvalue weighted by Gasteiger charge is 2.21. The van der Waals surface area contributed by atoms with Crippen molar-refractivity contribution in [2.24, 2.45) is 0 Å². The van der Waals surface area contributed by atoms with Crippen LogP contribution in [-0.4, -0.2) is 29.9 Å². The van der Waals surface area contributed by atoms with Crippen LogP contribution < -0.4 is 14.8 Å². The molecule has 1 N–H and O–H groups in total. The minimum Gasteiger partial charge on any atom is -0.490 e. The van der Waals surface area contributed by atoms with Gasteiger partial charge in [-0.25, -0.2) is 0 Å². The van der Waals surface area contributed by atoms with Gasteiger partial charge in [-0.3, -0.25) is 9.59 Å². The van der Waals surface area contributed by atoms with E-state index in [1.165, 1.54) is 0 Å². The number of nitrogens with one attached hydrogen (secondary N) is 1. The zero-order valence-corrected chi connectivity index (χ0v) is 18.8. The van der Waals surface area contributed by atoms with Gasteiger partial charge < -0.3 is 19.7 Å². The Bertz CT molecular complexity index is 1130. The normalized spacial score (nSPS) is 13.1. The molecule has 1 aliphatic rings. The molecular weight excluding hydrogens is 416 g/mol. The molecule has 0 aliphatic carbocycles. The molecule has 0 spiro atoms. The van der Waals surface area contributed by atoms with E-state index in [9.17, 15) is 9.59 Å². The van der Waals surface area contributed by atoms with Crippen LogP contribution in [0.1, 0.15) is 41.3 Å². The maximum atomic E-state index is 13.1. The van der Waals surface area contributed by atoms with Gasteiger partial charge in [-0.2, -0.15) is 0 Å². The van der Waals surface area contributed by atoms with Gasteiger partial charge in [0.05, 0.1) is 12.2 Å². The zero-order chi connectivity index (χ0) is 23.0. The van der Waals surface area contributed by atoms with E-state index in [-0.39, 0.29) is 11.8 Å². The number of amides is 2. The first-order valence-electron chi connectivity index (χ1n) is 11.3. The van der Waals surface area contributed by atoms with E-state index in [2.05, 4.69) is 5.32 Å². The molecule has 170 valence electrons. The Morgan fingerprint density at radius 3 is 2.30 bits per heavy atom. The summed E-state index contributed by atoms with van der Waals surface area (Å²) in [6.07, 6.45) is 1.52. The third-order valence-corrected chi connectivity index (χ3v) is 5.59. The zero-order valence-electron chi connectivity index (χ0n) is 18.8. The van der Waals surface area contributed by atoms with Gasteiger partial charge in [0.2, 0.25) is 5.91 Å². The van der Waals surface area contributed by atoms with Crippen LogP contribution in [0.3, 0.4) is 0 Å². The molecule has 0 radical (unpaired) electrons. The number of carbonyl (C=O) groups is 2. The number of hydrogen-bond donors (Lipinski definition) is 1. The lowest BCUT2D eigenvalue weighted by Gasteiger charge is -2.18. The summed E-state index contributed by atoms with van der Waals surface area (Å²) in [5.41, 5.74) is 2.48. The minimum absolute atomic E-state index is 0.187. The quantitative estimate of drug-likeness (QED) is 0.508. The van der Waals surface area contributed by atoms with E-state index < -0.39 is 0 Å². The highest BCUT2D eigenvalue weighted by atomic mass is 16.5. The van der Waals surface area contributed by atoms with Crippen LogP contribution in [0.4, 0.5) is 0 Å². The summed E-state index contributed by atoms with van der Waals surface area (Å²) in [5, 5.41) is 3.00. The highest BCUT2D eigenvalue weighted by molar-refractivity contribution is 5.97. The fraction of sp³-hybridized carbons (Fsp3) is 0.259. The second kappa shape index (κ2) is 10.7. The first-order chi connectivity index (χ1) is 16.2. The summed E-state index contributed by atoms with van der Waals surface area (Å²) in [5.74, 6) is 1.60. The van der Waals surface area contributed by atoms with Gasteiger partial charge in [-0.05, 0) is 48.7 Å². The Labute approximate surface area is 194 Å². The summed E-state index contributed by atoms with van der Waals surface area (Å²) in [6, 6.07) is 22.4. The molecule has 1 heterocycles. The van der Waals surface area contributed by atoms with E-state index in [0.29, 0.717) is 48.9 Å². The van der Waals surface area contributed by atoms with Gasteiger partial charge in [-0.15, -0.1) is 0 Å².